The van der Waals surface area contributed by atoms with Crippen LogP contribution in [-0.4, -0.2) is 51.1 Å². The molecule has 0 N–H and O–H groups in total. The molecule has 0 heterocycles. The minimum absolute atomic E-state index is 0.0175. The van der Waals surface area contributed by atoms with Gasteiger partial charge in [0.2, 0.25) is 0 Å². The lowest BCUT2D eigenvalue weighted by Crippen LogP contribution is -2.67. The van der Waals surface area contributed by atoms with Crippen LogP contribution in [0.1, 0.15) is 0 Å². The third-order valence-corrected chi connectivity index (χ3v) is 2.60. The molecule has 0 saturated heterocycles. The SMILES string of the molecule is CS(=O)(=O)OCC(F)(F)C(F)(F)C(F)(F)C(F)(F)C(F)(F)F. The van der Waals surface area contributed by atoms with Gasteiger partial charge in [0.1, 0.15) is 6.61 Å². The molecule has 134 valence electrons. The van der Waals surface area contributed by atoms with E-state index in [1.54, 1.807) is 0 Å². The Kier molecular flexibility index (Phi) is 5.14. The van der Waals surface area contributed by atoms with Crippen molar-refractivity contribution in [2.24, 2.45) is 0 Å². The van der Waals surface area contributed by atoms with Crippen LogP contribution < -0.4 is 0 Å². The third-order valence-electron chi connectivity index (χ3n) is 2.06. The molecule has 0 atom stereocenters. The number of hydrogen-bond donors (Lipinski definition) is 0. The first kappa shape index (κ1) is 21.1. The second-order valence-corrected chi connectivity index (χ2v) is 5.54. The molecular weight excluding hydrogens is 373 g/mol. The van der Waals surface area contributed by atoms with Crippen LogP contribution in [-0.2, 0) is 14.3 Å². The van der Waals surface area contributed by atoms with Crippen molar-refractivity contribution in [3.63, 3.8) is 0 Å². The average molecular weight is 378 g/mol. The van der Waals surface area contributed by atoms with Crippen molar-refractivity contribution in [1.29, 1.82) is 0 Å². The highest BCUT2D eigenvalue weighted by atomic mass is 32.2. The van der Waals surface area contributed by atoms with Crippen LogP contribution in [0.2, 0.25) is 0 Å². The van der Waals surface area contributed by atoms with Crippen molar-refractivity contribution in [2.75, 3.05) is 12.9 Å². The molecule has 0 aliphatic carbocycles. The topological polar surface area (TPSA) is 43.4 Å². The molecular formula is C7H5F11O3S. The first-order valence-electron chi connectivity index (χ1n) is 4.63. The smallest absolute Gasteiger partial charge is 0.264 e. The van der Waals surface area contributed by atoms with Crippen LogP contribution in [0.15, 0.2) is 0 Å². The molecule has 0 aliphatic rings. The molecule has 0 saturated carbocycles. The molecule has 0 aliphatic heterocycles. The van der Waals surface area contributed by atoms with Gasteiger partial charge >= 0.3 is 29.9 Å². The van der Waals surface area contributed by atoms with Gasteiger partial charge < -0.3 is 0 Å². The van der Waals surface area contributed by atoms with E-state index in [0.29, 0.717) is 0 Å². The van der Waals surface area contributed by atoms with E-state index in [2.05, 4.69) is 4.18 Å². The van der Waals surface area contributed by atoms with Gasteiger partial charge in [0, 0.05) is 0 Å². The van der Waals surface area contributed by atoms with E-state index in [0.717, 1.165) is 0 Å². The molecule has 0 aromatic carbocycles. The molecule has 0 fully saturated rings. The van der Waals surface area contributed by atoms with Crippen LogP contribution in [0.3, 0.4) is 0 Å². The monoisotopic (exact) mass is 378 g/mol. The van der Waals surface area contributed by atoms with Crippen LogP contribution >= 0.6 is 0 Å². The van der Waals surface area contributed by atoms with Crippen molar-refractivity contribution >= 4 is 10.1 Å². The van der Waals surface area contributed by atoms with Crippen molar-refractivity contribution in [2.45, 2.75) is 29.9 Å². The molecule has 0 radical (unpaired) electrons. The molecule has 22 heavy (non-hydrogen) atoms. The van der Waals surface area contributed by atoms with E-state index in [1.807, 2.05) is 0 Å². The Morgan fingerprint density at radius 3 is 1.36 bits per heavy atom. The third kappa shape index (κ3) is 3.55. The minimum Gasteiger partial charge on any atom is -0.264 e. The molecule has 0 unspecified atom stereocenters. The first-order valence-corrected chi connectivity index (χ1v) is 6.45. The fraction of sp³-hybridized carbons (Fsp3) is 1.00. The van der Waals surface area contributed by atoms with Gasteiger partial charge in [0.25, 0.3) is 10.1 Å². The number of halogens is 11. The Bertz CT molecular complexity index is 506. The lowest BCUT2D eigenvalue weighted by Gasteiger charge is -2.36. The van der Waals surface area contributed by atoms with Crippen molar-refractivity contribution in [3.05, 3.63) is 0 Å². The minimum atomic E-state index is -7.58. The maximum absolute atomic E-state index is 12.8. The zero-order valence-corrected chi connectivity index (χ0v) is 10.8. The van der Waals surface area contributed by atoms with E-state index >= 15 is 0 Å². The fourth-order valence-electron chi connectivity index (χ4n) is 0.877. The van der Waals surface area contributed by atoms with Crippen LogP contribution in [0.5, 0.6) is 0 Å². The van der Waals surface area contributed by atoms with E-state index in [9.17, 15) is 56.7 Å². The maximum atomic E-state index is 12.8. The Balaban J connectivity index is 5.79. The van der Waals surface area contributed by atoms with Gasteiger partial charge in [-0.15, -0.1) is 0 Å². The summed E-state index contributed by atoms with van der Waals surface area (Å²) in [5.41, 5.74) is 0. The standard InChI is InChI=1S/C7H5F11O3S/c1-22(19,20)21-2-3(8,9)4(10,11)5(12,13)6(14,15)7(16,17)18/h2H2,1H3. The van der Waals surface area contributed by atoms with Crippen LogP contribution in [0, 0.1) is 0 Å². The highest BCUT2D eigenvalue weighted by Crippen LogP contribution is 2.57. The number of alkyl halides is 11. The molecule has 0 spiro atoms. The Morgan fingerprint density at radius 2 is 1.09 bits per heavy atom. The molecule has 0 bridgehead atoms. The summed E-state index contributed by atoms with van der Waals surface area (Å²) in [4.78, 5) is 0. The number of hydrogen-bond acceptors (Lipinski definition) is 3. The fourth-order valence-corrected chi connectivity index (χ4v) is 1.24. The van der Waals surface area contributed by atoms with Gasteiger partial charge in [-0.1, -0.05) is 0 Å². The maximum Gasteiger partial charge on any atom is 0.460 e. The van der Waals surface area contributed by atoms with Gasteiger partial charge in [0.15, 0.2) is 0 Å². The summed E-state index contributed by atoms with van der Waals surface area (Å²) in [5, 5.41) is 0. The van der Waals surface area contributed by atoms with E-state index in [1.165, 1.54) is 0 Å². The summed E-state index contributed by atoms with van der Waals surface area (Å²) >= 11 is 0. The normalized spacial score (nSPS) is 16.0. The van der Waals surface area contributed by atoms with E-state index in [-0.39, 0.29) is 6.26 Å². The summed E-state index contributed by atoms with van der Waals surface area (Å²) in [6, 6.07) is 0. The molecule has 15 heteroatoms. The molecule has 0 rings (SSSR count). The Morgan fingerprint density at radius 1 is 0.727 bits per heavy atom. The largest absolute Gasteiger partial charge is 0.460 e. The quantitative estimate of drug-likeness (QED) is 0.527. The van der Waals surface area contributed by atoms with Crippen molar-refractivity contribution in [3.8, 4) is 0 Å². The zero-order valence-electron chi connectivity index (χ0n) is 10.00. The second kappa shape index (κ2) is 5.35. The average Bonchev–Trinajstić information content (AvgIpc) is 2.23. The van der Waals surface area contributed by atoms with Gasteiger partial charge in [-0.25, -0.2) is 0 Å². The predicted molar refractivity (Wildman–Crippen MR) is 46.6 cm³/mol. The summed E-state index contributed by atoms with van der Waals surface area (Å²) in [6.45, 7) is -3.07. The zero-order chi connectivity index (χ0) is 18.4. The van der Waals surface area contributed by atoms with Crippen molar-refractivity contribution < 1.29 is 60.9 Å². The summed E-state index contributed by atoms with van der Waals surface area (Å²) in [7, 11) is -4.89. The molecule has 0 aromatic heterocycles. The highest BCUT2D eigenvalue weighted by molar-refractivity contribution is 7.85. The van der Waals surface area contributed by atoms with E-state index in [4.69, 9.17) is 0 Å². The summed E-state index contributed by atoms with van der Waals surface area (Å²) in [5.74, 6) is -28.7. The molecule has 0 aromatic rings. The van der Waals surface area contributed by atoms with Gasteiger partial charge in [0.05, 0.1) is 6.26 Å². The van der Waals surface area contributed by atoms with Crippen molar-refractivity contribution in [1.82, 2.24) is 0 Å². The van der Waals surface area contributed by atoms with Crippen LogP contribution in [0.4, 0.5) is 48.3 Å². The lowest BCUT2D eigenvalue weighted by atomic mass is 9.98. The van der Waals surface area contributed by atoms with E-state index < -0.39 is 46.6 Å². The molecule has 3 nitrogen and oxygen atoms in total. The van der Waals surface area contributed by atoms with Gasteiger partial charge in [-0.2, -0.15) is 56.7 Å². The number of rotatable bonds is 6. The predicted octanol–water partition coefficient (Wildman–Crippen LogP) is 3.07. The second-order valence-electron chi connectivity index (χ2n) is 3.89. The van der Waals surface area contributed by atoms with Crippen LogP contribution in [0.25, 0.3) is 0 Å². The Labute approximate surface area is 115 Å². The van der Waals surface area contributed by atoms with Gasteiger partial charge in [-0.05, 0) is 0 Å². The summed E-state index contributed by atoms with van der Waals surface area (Å²) < 4.78 is 160. The highest BCUT2D eigenvalue weighted by Gasteiger charge is 2.87. The summed E-state index contributed by atoms with van der Waals surface area (Å²) in [6.07, 6.45) is -7.25. The first-order chi connectivity index (χ1) is 9.21. The molecule has 0 amide bonds. The van der Waals surface area contributed by atoms with Gasteiger partial charge in [-0.3, -0.25) is 4.18 Å². The lowest BCUT2D eigenvalue weighted by molar-refractivity contribution is -0.423. The Hall–Kier alpha value is -0.860.